The van der Waals surface area contributed by atoms with Gasteiger partial charge in [-0.2, -0.15) is 0 Å². The van der Waals surface area contributed by atoms with Crippen LogP contribution in [0.25, 0.3) is 11.0 Å². The van der Waals surface area contributed by atoms with Crippen molar-refractivity contribution in [2.45, 2.75) is 13.8 Å². The van der Waals surface area contributed by atoms with Crippen LogP contribution in [0.2, 0.25) is 0 Å². The molecule has 0 spiro atoms. The fourth-order valence-electron chi connectivity index (χ4n) is 1.27. The summed E-state index contributed by atoms with van der Waals surface area (Å²) in [5.74, 6) is 0. The Morgan fingerprint density at radius 2 is 2.09 bits per heavy atom. The molecule has 1 nitrogen and oxygen atoms in total. The number of hydrogen-bond donors (Lipinski definition) is 0. The lowest BCUT2D eigenvalue weighted by molar-refractivity contribution is 0.600. The standard InChI is InChI=1S/C10H9O/c1-7-4-3-5-9-8(2)6-11-10(7)9/h3-5H,1-2H3. The molecule has 0 saturated heterocycles. The lowest BCUT2D eigenvalue weighted by Crippen LogP contribution is -1.71. The average molecular weight is 145 g/mol. The van der Waals surface area contributed by atoms with Crippen molar-refractivity contribution in [2.24, 2.45) is 0 Å². The van der Waals surface area contributed by atoms with Crippen LogP contribution >= 0.6 is 0 Å². The molecule has 1 heterocycles. The number of furan rings is 1. The van der Waals surface area contributed by atoms with Crippen molar-refractivity contribution < 1.29 is 4.42 Å². The van der Waals surface area contributed by atoms with Crippen LogP contribution < -0.4 is 0 Å². The lowest BCUT2D eigenvalue weighted by Gasteiger charge is -1.91. The second-order valence-corrected chi connectivity index (χ2v) is 2.78. The van der Waals surface area contributed by atoms with E-state index >= 15 is 0 Å². The van der Waals surface area contributed by atoms with Gasteiger partial charge in [-0.1, -0.05) is 18.2 Å². The molecular formula is C10H9O. The number of rotatable bonds is 0. The topological polar surface area (TPSA) is 13.1 Å². The smallest absolute Gasteiger partial charge is 0.173 e. The maximum absolute atomic E-state index is 5.25. The molecule has 11 heavy (non-hydrogen) atoms. The van der Waals surface area contributed by atoms with Crippen LogP contribution in [-0.4, -0.2) is 0 Å². The van der Waals surface area contributed by atoms with Gasteiger partial charge in [-0.15, -0.1) is 0 Å². The Morgan fingerprint density at radius 1 is 1.27 bits per heavy atom. The number of benzene rings is 1. The molecule has 1 aromatic heterocycles. The van der Waals surface area contributed by atoms with Gasteiger partial charge in [0, 0.05) is 10.9 Å². The molecule has 1 aromatic carbocycles. The van der Waals surface area contributed by atoms with Crippen LogP contribution in [0.5, 0.6) is 0 Å². The van der Waals surface area contributed by atoms with Gasteiger partial charge in [0.1, 0.15) is 5.58 Å². The SMILES string of the molecule is Cc1[c]oc2c(C)cccc12. The predicted octanol–water partition coefficient (Wildman–Crippen LogP) is 2.85. The second kappa shape index (κ2) is 2.12. The molecule has 2 rings (SSSR count). The maximum Gasteiger partial charge on any atom is 0.173 e. The highest BCUT2D eigenvalue weighted by atomic mass is 16.3. The first-order valence-corrected chi connectivity index (χ1v) is 3.65. The molecule has 1 heteroatoms. The van der Waals surface area contributed by atoms with Crippen molar-refractivity contribution in [3.8, 4) is 0 Å². The van der Waals surface area contributed by atoms with Crippen LogP contribution in [0.15, 0.2) is 22.6 Å². The van der Waals surface area contributed by atoms with E-state index in [0.717, 1.165) is 11.1 Å². The molecule has 0 aliphatic carbocycles. The molecular weight excluding hydrogens is 136 g/mol. The van der Waals surface area contributed by atoms with Crippen molar-refractivity contribution in [3.63, 3.8) is 0 Å². The highest BCUT2D eigenvalue weighted by molar-refractivity contribution is 5.83. The van der Waals surface area contributed by atoms with E-state index < -0.39 is 0 Å². The van der Waals surface area contributed by atoms with Gasteiger partial charge >= 0.3 is 0 Å². The Balaban J connectivity index is 2.94. The Morgan fingerprint density at radius 3 is 2.82 bits per heavy atom. The van der Waals surface area contributed by atoms with E-state index in [-0.39, 0.29) is 0 Å². The summed E-state index contributed by atoms with van der Waals surface area (Å²) >= 11 is 0. The van der Waals surface area contributed by atoms with Crippen LogP contribution in [0.4, 0.5) is 0 Å². The van der Waals surface area contributed by atoms with Crippen molar-refractivity contribution >= 4 is 11.0 Å². The van der Waals surface area contributed by atoms with Crippen LogP contribution in [0.3, 0.4) is 0 Å². The molecule has 1 radical (unpaired) electrons. The zero-order valence-corrected chi connectivity index (χ0v) is 6.64. The van der Waals surface area contributed by atoms with E-state index in [1.54, 1.807) is 0 Å². The van der Waals surface area contributed by atoms with Gasteiger partial charge in [0.15, 0.2) is 6.26 Å². The minimum absolute atomic E-state index is 0.963. The Kier molecular flexibility index (Phi) is 1.25. The first kappa shape index (κ1) is 6.47. The van der Waals surface area contributed by atoms with Gasteiger partial charge < -0.3 is 4.42 Å². The summed E-state index contributed by atoms with van der Waals surface area (Å²) in [6.07, 6.45) is 2.84. The average Bonchev–Trinajstić information content (AvgIpc) is 2.35. The Hall–Kier alpha value is -1.24. The van der Waals surface area contributed by atoms with Gasteiger partial charge in [0.05, 0.1) is 0 Å². The molecule has 0 atom stereocenters. The van der Waals surface area contributed by atoms with Gasteiger partial charge in [-0.25, -0.2) is 0 Å². The van der Waals surface area contributed by atoms with E-state index in [9.17, 15) is 0 Å². The van der Waals surface area contributed by atoms with Crippen molar-refractivity contribution in [1.29, 1.82) is 0 Å². The third-order valence-electron chi connectivity index (χ3n) is 1.92. The Bertz CT molecular complexity index is 385. The normalized spacial score (nSPS) is 10.7. The number of aryl methyl sites for hydroxylation is 2. The molecule has 0 amide bonds. The Labute approximate surface area is 65.6 Å². The second-order valence-electron chi connectivity index (χ2n) is 2.78. The van der Waals surface area contributed by atoms with E-state index in [4.69, 9.17) is 4.42 Å². The van der Waals surface area contributed by atoms with Crippen LogP contribution in [-0.2, 0) is 0 Å². The first-order valence-electron chi connectivity index (χ1n) is 3.65. The van der Waals surface area contributed by atoms with Crippen molar-refractivity contribution in [3.05, 3.63) is 35.6 Å². The molecule has 0 fully saturated rings. The minimum Gasteiger partial charge on any atom is -0.452 e. The number of hydrogen-bond acceptors (Lipinski definition) is 1. The quantitative estimate of drug-likeness (QED) is 0.555. The first-order chi connectivity index (χ1) is 5.29. The largest absolute Gasteiger partial charge is 0.452 e. The van der Waals surface area contributed by atoms with Crippen molar-refractivity contribution in [2.75, 3.05) is 0 Å². The number of para-hydroxylation sites is 1. The van der Waals surface area contributed by atoms with Crippen molar-refractivity contribution in [1.82, 2.24) is 0 Å². The minimum atomic E-state index is 0.963. The van der Waals surface area contributed by atoms with Crippen LogP contribution in [0, 0.1) is 20.1 Å². The molecule has 55 valence electrons. The highest BCUT2D eigenvalue weighted by Crippen LogP contribution is 2.22. The molecule has 0 bridgehead atoms. The summed E-state index contributed by atoms with van der Waals surface area (Å²) in [7, 11) is 0. The molecule has 0 N–H and O–H groups in total. The predicted molar refractivity (Wildman–Crippen MR) is 44.5 cm³/mol. The molecule has 2 aromatic rings. The van der Waals surface area contributed by atoms with Gasteiger partial charge in [-0.3, -0.25) is 0 Å². The van der Waals surface area contributed by atoms with E-state index in [0.29, 0.717) is 0 Å². The molecule has 0 aliphatic heterocycles. The summed E-state index contributed by atoms with van der Waals surface area (Å²) < 4.78 is 5.25. The summed E-state index contributed by atoms with van der Waals surface area (Å²) in [5, 5.41) is 1.17. The fourth-order valence-corrected chi connectivity index (χ4v) is 1.27. The van der Waals surface area contributed by atoms with E-state index in [1.165, 1.54) is 10.9 Å². The lowest BCUT2D eigenvalue weighted by atomic mass is 10.1. The maximum atomic E-state index is 5.25. The molecule has 0 saturated carbocycles. The third-order valence-corrected chi connectivity index (χ3v) is 1.92. The highest BCUT2D eigenvalue weighted by Gasteiger charge is 2.02. The van der Waals surface area contributed by atoms with Crippen LogP contribution in [0.1, 0.15) is 11.1 Å². The number of fused-ring (bicyclic) bond motifs is 1. The van der Waals surface area contributed by atoms with E-state index in [2.05, 4.69) is 12.3 Å². The van der Waals surface area contributed by atoms with Gasteiger partial charge in [-0.05, 0) is 19.4 Å². The molecule has 0 unspecified atom stereocenters. The monoisotopic (exact) mass is 145 g/mol. The van der Waals surface area contributed by atoms with Gasteiger partial charge in [0.2, 0.25) is 0 Å². The molecule has 0 aliphatic rings. The summed E-state index contributed by atoms with van der Waals surface area (Å²) in [6.45, 7) is 4.05. The van der Waals surface area contributed by atoms with Gasteiger partial charge in [0.25, 0.3) is 0 Å². The summed E-state index contributed by atoms with van der Waals surface area (Å²) in [6, 6.07) is 6.13. The zero-order chi connectivity index (χ0) is 7.84. The summed E-state index contributed by atoms with van der Waals surface area (Å²) in [4.78, 5) is 0. The summed E-state index contributed by atoms with van der Waals surface area (Å²) in [5.41, 5.74) is 3.22. The fraction of sp³-hybridized carbons (Fsp3) is 0.200. The zero-order valence-electron chi connectivity index (χ0n) is 6.64. The third kappa shape index (κ3) is 0.845. The van der Waals surface area contributed by atoms with E-state index in [1.807, 2.05) is 26.0 Å².